The van der Waals surface area contributed by atoms with Crippen molar-refractivity contribution in [3.8, 4) is 0 Å². The van der Waals surface area contributed by atoms with Crippen molar-refractivity contribution in [2.75, 3.05) is 0 Å². The SMILES string of the molecule is CC1CCC(C)C(O)(Cc2ccncc2Cl)C1. The van der Waals surface area contributed by atoms with Crippen molar-refractivity contribution in [2.45, 2.75) is 45.1 Å². The standard InChI is InChI=1S/C14H20ClNO/c1-10-3-4-11(2)14(17,7-10)8-12-5-6-16-9-13(12)15/h5-6,9-11,17H,3-4,7-8H2,1-2H3. The topological polar surface area (TPSA) is 33.1 Å². The summed E-state index contributed by atoms with van der Waals surface area (Å²) in [6, 6.07) is 1.91. The van der Waals surface area contributed by atoms with Crippen molar-refractivity contribution in [1.82, 2.24) is 4.98 Å². The van der Waals surface area contributed by atoms with Crippen LogP contribution in [-0.4, -0.2) is 15.7 Å². The molecule has 1 aliphatic carbocycles. The monoisotopic (exact) mass is 253 g/mol. The van der Waals surface area contributed by atoms with Gasteiger partial charge in [0, 0.05) is 18.8 Å². The van der Waals surface area contributed by atoms with Crippen molar-refractivity contribution in [3.05, 3.63) is 29.0 Å². The van der Waals surface area contributed by atoms with E-state index in [0.717, 1.165) is 18.4 Å². The van der Waals surface area contributed by atoms with Crippen LogP contribution in [0.5, 0.6) is 0 Å². The highest BCUT2D eigenvalue weighted by Crippen LogP contribution is 2.39. The van der Waals surface area contributed by atoms with Crippen molar-refractivity contribution >= 4 is 11.6 Å². The summed E-state index contributed by atoms with van der Waals surface area (Å²) in [6.07, 6.45) is 7.21. The van der Waals surface area contributed by atoms with E-state index in [4.69, 9.17) is 11.6 Å². The molecule has 3 atom stereocenters. The molecule has 1 fully saturated rings. The van der Waals surface area contributed by atoms with E-state index in [0.29, 0.717) is 23.3 Å². The summed E-state index contributed by atoms with van der Waals surface area (Å²) in [4.78, 5) is 3.98. The fourth-order valence-electron chi connectivity index (χ4n) is 2.83. The first-order chi connectivity index (χ1) is 8.01. The zero-order chi connectivity index (χ0) is 12.5. The second kappa shape index (κ2) is 4.95. The molecule has 0 saturated heterocycles. The Balaban J connectivity index is 2.18. The van der Waals surface area contributed by atoms with Crippen LogP contribution in [0, 0.1) is 11.8 Å². The molecule has 0 amide bonds. The predicted octanol–water partition coefficient (Wildman–Crippen LogP) is 3.46. The predicted molar refractivity (Wildman–Crippen MR) is 70.1 cm³/mol. The van der Waals surface area contributed by atoms with Gasteiger partial charge in [-0.15, -0.1) is 0 Å². The number of rotatable bonds is 2. The first-order valence-corrected chi connectivity index (χ1v) is 6.70. The van der Waals surface area contributed by atoms with Crippen molar-refractivity contribution in [2.24, 2.45) is 11.8 Å². The van der Waals surface area contributed by atoms with Crippen LogP contribution in [0.4, 0.5) is 0 Å². The molecule has 17 heavy (non-hydrogen) atoms. The van der Waals surface area contributed by atoms with E-state index < -0.39 is 5.60 Å². The van der Waals surface area contributed by atoms with Crippen LogP contribution < -0.4 is 0 Å². The Hall–Kier alpha value is -0.600. The molecule has 0 radical (unpaired) electrons. The highest BCUT2D eigenvalue weighted by atomic mass is 35.5. The third-order valence-electron chi connectivity index (χ3n) is 4.06. The summed E-state index contributed by atoms with van der Waals surface area (Å²) in [7, 11) is 0. The average molecular weight is 254 g/mol. The van der Waals surface area contributed by atoms with Crippen molar-refractivity contribution in [3.63, 3.8) is 0 Å². The maximum absolute atomic E-state index is 10.8. The lowest BCUT2D eigenvalue weighted by Gasteiger charge is -2.41. The molecule has 1 aromatic rings. The zero-order valence-corrected chi connectivity index (χ0v) is 11.2. The highest BCUT2D eigenvalue weighted by molar-refractivity contribution is 6.31. The van der Waals surface area contributed by atoms with E-state index in [1.807, 2.05) is 6.07 Å². The molecule has 3 heteroatoms. The van der Waals surface area contributed by atoms with Gasteiger partial charge in [0.1, 0.15) is 0 Å². The molecule has 0 spiro atoms. The number of hydrogen-bond donors (Lipinski definition) is 1. The Morgan fingerprint density at radius 2 is 2.24 bits per heavy atom. The average Bonchev–Trinajstić information content (AvgIpc) is 2.27. The Labute approximate surface area is 108 Å². The fraction of sp³-hybridized carbons (Fsp3) is 0.643. The second-order valence-electron chi connectivity index (χ2n) is 5.54. The number of pyridine rings is 1. The van der Waals surface area contributed by atoms with Gasteiger partial charge in [-0.05, 0) is 36.3 Å². The largest absolute Gasteiger partial charge is 0.389 e. The van der Waals surface area contributed by atoms with Crippen molar-refractivity contribution < 1.29 is 5.11 Å². The molecule has 1 aromatic heterocycles. The molecule has 1 heterocycles. The van der Waals surface area contributed by atoms with Crippen LogP contribution in [0.3, 0.4) is 0 Å². The first-order valence-electron chi connectivity index (χ1n) is 6.32. The lowest BCUT2D eigenvalue weighted by molar-refractivity contribution is -0.0560. The van der Waals surface area contributed by atoms with Gasteiger partial charge in [0.15, 0.2) is 0 Å². The highest BCUT2D eigenvalue weighted by Gasteiger charge is 2.39. The van der Waals surface area contributed by atoms with Gasteiger partial charge in [0.2, 0.25) is 0 Å². The van der Waals surface area contributed by atoms with Gasteiger partial charge >= 0.3 is 0 Å². The summed E-state index contributed by atoms with van der Waals surface area (Å²) in [6.45, 7) is 4.35. The minimum absolute atomic E-state index is 0.336. The van der Waals surface area contributed by atoms with Crippen molar-refractivity contribution in [1.29, 1.82) is 0 Å². The summed E-state index contributed by atoms with van der Waals surface area (Å²) in [5.41, 5.74) is 0.396. The minimum atomic E-state index is -0.608. The van der Waals surface area contributed by atoms with E-state index in [1.165, 1.54) is 6.42 Å². The summed E-state index contributed by atoms with van der Waals surface area (Å²) in [5.74, 6) is 0.930. The normalized spacial score (nSPS) is 33.6. The fourth-order valence-corrected chi connectivity index (χ4v) is 3.02. The molecule has 3 unspecified atom stereocenters. The molecule has 1 N–H and O–H groups in total. The van der Waals surface area contributed by atoms with Crippen LogP contribution in [0.2, 0.25) is 5.02 Å². The number of aliphatic hydroxyl groups is 1. The van der Waals surface area contributed by atoms with Crippen LogP contribution in [0.15, 0.2) is 18.5 Å². The molecule has 2 rings (SSSR count). The molecule has 1 saturated carbocycles. The Bertz CT molecular complexity index is 396. The van der Waals surface area contributed by atoms with Crippen LogP contribution in [0.25, 0.3) is 0 Å². The molecule has 94 valence electrons. The maximum Gasteiger partial charge on any atom is 0.0716 e. The van der Waals surface area contributed by atoms with Gasteiger partial charge in [0.25, 0.3) is 0 Å². The molecular weight excluding hydrogens is 234 g/mol. The minimum Gasteiger partial charge on any atom is -0.389 e. The lowest BCUT2D eigenvalue weighted by atomic mass is 9.69. The number of halogens is 1. The van der Waals surface area contributed by atoms with Gasteiger partial charge in [-0.25, -0.2) is 0 Å². The van der Waals surface area contributed by atoms with E-state index in [9.17, 15) is 5.11 Å². The van der Waals surface area contributed by atoms with Crippen LogP contribution >= 0.6 is 11.6 Å². The number of nitrogens with zero attached hydrogens (tertiary/aromatic N) is 1. The third-order valence-corrected chi connectivity index (χ3v) is 4.41. The van der Waals surface area contributed by atoms with E-state index in [2.05, 4.69) is 18.8 Å². The molecule has 0 bridgehead atoms. The van der Waals surface area contributed by atoms with Crippen LogP contribution in [-0.2, 0) is 6.42 Å². The Morgan fingerprint density at radius 1 is 1.47 bits per heavy atom. The van der Waals surface area contributed by atoms with Gasteiger partial charge in [-0.3, -0.25) is 4.98 Å². The maximum atomic E-state index is 10.8. The third kappa shape index (κ3) is 2.80. The van der Waals surface area contributed by atoms with Gasteiger partial charge in [-0.2, -0.15) is 0 Å². The second-order valence-corrected chi connectivity index (χ2v) is 5.94. The molecule has 2 nitrogen and oxygen atoms in total. The Morgan fingerprint density at radius 3 is 2.94 bits per heavy atom. The Kier molecular flexibility index (Phi) is 3.74. The van der Waals surface area contributed by atoms with Gasteiger partial charge < -0.3 is 5.11 Å². The lowest BCUT2D eigenvalue weighted by Crippen LogP contribution is -2.43. The molecule has 0 aromatic carbocycles. The zero-order valence-electron chi connectivity index (χ0n) is 10.5. The molecular formula is C14H20ClNO. The summed E-state index contributed by atoms with van der Waals surface area (Å²) >= 11 is 6.12. The van der Waals surface area contributed by atoms with E-state index in [-0.39, 0.29) is 0 Å². The first kappa shape index (κ1) is 12.8. The summed E-state index contributed by atoms with van der Waals surface area (Å²) in [5, 5.41) is 11.5. The smallest absolute Gasteiger partial charge is 0.0716 e. The van der Waals surface area contributed by atoms with Gasteiger partial charge in [0.05, 0.1) is 10.6 Å². The van der Waals surface area contributed by atoms with E-state index >= 15 is 0 Å². The quantitative estimate of drug-likeness (QED) is 0.876. The molecule has 1 aliphatic rings. The molecule has 0 aliphatic heterocycles. The summed E-state index contributed by atoms with van der Waals surface area (Å²) < 4.78 is 0. The van der Waals surface area contributed by atoms with Crippen LogP contribution in [0.1, 0.15) is 38.7 Å². The van der Waals surface area contributed by atoms with E-state index in [1.54, 1.807) is 12.4 Å². The number of hydrogen-bond acceptors (Lipinski definition) is 2. The van der Waals surface area contributed by atoms with Gasteiger partial charge in [-0.1, -0.05) is 31.9 Å². The number of aromatic nitrogens is 1.